The van der Waals surface area contributed by atoms with Crippen LogP contribution in [-0.2, 0) is 55.8 Å². The third-order valence-electron chi connectivity index (χ3n) is 17.2. The van der Waals surface area contributed by atoms with Crippen LogP contribution in [0.2, 0.25) is 0 Å². The van der Waals surface area contributed by atoms with Gasteiger partial charge in [-0.2, -0.15) is 0 Å². The first-order valence-corrected chi connectivity index (χ1v) is 43.8. The summed E-state index contributed by atoms with van der Waals surface area (Å²) in [6.45, 7) is 2.46. The number of unbranched alkanes of at least 4 members (excludes halogenated alkanes) is 34. The number of hydrogen-bond acceptors (Lipinski definition) is 14. The molecule has 0 aliphatic rings. The van der Waals surface area contributed by atoms with Crippen molar-refractivity contribution in [2.24, 2.45) is 0 Å². The Bertz CT molecular complexity index is 2360. The van der Waals surface area contributed by atoms with E-state index in [9.17, 15) is 43.5 Å². The summed E-state index contributed by atoms with van der Waals surface area (Å²) in [5, 5.41) is 20.6. The summed E-state index contributed by atoms with van der Waals surface area (Å²) >= 11 is 0. The fourth-order valence-electron chi connectivity index (χ4n) is 11.0. The molecular formula is C85H148O16P2. The molecule has 0 aromatic carbocycles. The zero-order chi connectivity index (χ0) is 75.2. The predicted octanol–water partition coefficient (Wildman–Crippen LogP) is 24.1. The van der Waals surface area contributed by atoms with Crippen molar-refractivity contribution in [1.29, 1.82) is 0 Å². The van der Waals surface area contributed by atoms with Crippen molar-refractivity contribution >= 4 is 33.6 Å². The van der Waals surface area contributed by atoms with Gasteiger partial charge in [-0.3, -0.25) is 32.5 Å². The van der Waals surface area contributed by atoms with Crippen molar-refractivity contribution in [3.05, 3.63) is 122 Å². The molecule has 5 unspecified atom stereocenters. The summed E-state index contributed by atoms with van der Waals surface area (Å²) in [6.07, 6.45) is 92.7. The molecule has 103 heavy (non-hydrogen) atoms. The van der Waals surface area contributed by atoms with Gasteiger partial charge in [0.05, 0.1) is 26.4 Å². The first kappa shape index (κ1) is 98.9. The number of aliphatic hydroxyl groups excluding tert-OH is 2. The lowest BCUT2D eigenvalue weighted by Gasteiger charge is -2.21. The van der Waals surface area contributed by atoms with Crippen molar-refractivity contribution in [2.75, 3.05) is 39.6 Å². The summed E-state index contributed by atoms with van der Waals surface area (Å²) in [4.78, 5) is 58.6. The number of rotatable bonds is 77. The molecule has 0 aromatic rings. The first-order valence-electron chi connectivity index (χ1n) is 40.8. The molecule has 0 saturated heterocycles. The lowest BCUT2D eigenvalue weighted by atomic mass is 10.0. The van der Waals surface area contributed by atoms with E-state index < -0.39 is 91.5 Å². The van der Waals surface area contributed by atoms with Crippen molar-refractivity contribution in [1.82, 2.24) is 0 Å². The highest BCUT2D eigenvalue weighted by Crippen LogP contribution is 2.45. The number of allylic oxidation sites excluding steroid dienone is 20. The molecule has 4 N–H and O–H groups in total. The van der Waals surface area contributed by atoms with Crippen molar-refractivity contribution < 1.29 is 75.8 Å². The monoisotopic (exact) mass is 1490 g/mol. The van der Waals surface area contributed by atoms with E-state index in [4.69, 9.17) is 32.3 Å². The highest BCUT2D eigenvalue weighted by atomic mass is 31.2. The van der Waals surface area contributed by atoms with E-state index in [1.165, 1.54) is 128 Å². The SMILES string of the molecule is CC/C=C\C/C=C\C/C=C\C/C=C\C/C=C\CCCCCCCCCCCCCCCCCCCC(=O)OCC(O)COP(=O)(O)OCC(O)COP(=O)(O)OCC(COC(=O)CCCCCCCCC/C=C\C/C=C\C/C=C\C/C=C\C/C=C\CC)OC(=O)CCCCCCCCCCCCC. The van der Waals surface area contributed by atoms with Crippen LogP contribution in [0.3, 0.4) is 0 Å². The summed E-state index contributed by atoms with van der Waals surface area (Å²) in [6, 6.07) is 0. The van der Waals surface area contributed by atoms with Crippen molar-refractivity contribution in [3.63, 3.8) is 0 Å². The van der Waals surface area contributed by atoms with Crippen LogP contribution in [0.1, 0.15) is 342 Å². The minimum absolute atomic E-state index is 0.104. The molecule has 0 aliphatic carbocycles. The van der Waals surface area contributed by atoms with Crippen LogP contribution in [0.4, 0.5) is 0 Å². The molecule has 0 fully saturated rings. The smallest absolute Gasteiger partial charge is 0.463 e. The third-order valence-corrected chi connectivity index (χ3v) is 19.1. The van der Waals surface area contributed by atoms with Gasteiger partial charge in [-0.05, 0) is 109 Å². The predicted molar refractivity (Wildman–Crippen MR) is 427 cm³/mol. The Morgan fingerprint density at radius 1 is 0.282 bits per heavy atom. The average Bonchev–Trinajstić information content (AvgIpc) is 0.914. The van der Waals surface area contributed by atoms with E-state index in [1.54, 1.807) is 0 Å². The summed E-state index contributed by atoms with van der Waals surface area (Å²) in [7, 11) is -9.78. The second-order valence-electron chi connectivity index (χ2n) is 27.2. The summed E-state index contributed by atoms with van der Waals surface area (Å²) < 4.78 is 61.1. The highest BCUT2D eigenvalue weighted by Gasteiger charge is 2.29. The lowest BCUT2D eigenvalue weighted by Crippen LogP contribution is -2.30. The van der Waals surface area contributed by atoms with Crippen LogP contribution in [0, 0.1) is 0 Å². The van der Waals surface area contributed by atoms with Gasteiger partial charge in [0.1, 0.15) is 25.4 Å². The number of hydrogen-bond donors (Lipinski definition) is 4. The second-order valence-corrected chi connectivity index (χ2v) is 30.1. The maximum absolute atomic E-state index is 12.9. The lowest BCUT2D eigenvalue weighted by molar-refractivity contribution is -0.161. The Kier molecular flexibility index (Phi) is 74.5. The molecule has 18 heteroatoms. The molecule has 5 atom stereocenters. The van der Waals surface area contributed by atoms with Crippen LogP contribution in [-0.4, -0.2) is 95.9 Å². The van der Waals surface area contributed by atoms with Gasteiger partial charge in [-0.25, -0.2) is 9.13 Å². The molecule has 0 aromatic heterocycles. The Morgan fingerprint density at radius 2 is 0.515 bits per heavy atom. The van der Waals surface area contributed by atoms with Crippen molar-refractivity contribution in [3.8, 4) is 0 Å². The zero-order valence-electron chi connectivity index (χ0n) is 65.0. The van der Waals surface area contributed by atoms with E-state index in [0.29, 0.717) is 19.3 Å². The fourth-order valence-corrected chi connectivity index (χ4v) is 12.6. The number of ether oxygens (including phenoxy) is 3. The van der Waals surface area contributed by atoms with Crippen LogP contribution in [0.15, 0.2) is 122 Å². The molecule has 16 nitrogen and oxygen atoms in total. The van der Waals surface area contributed by atoms with E-state index in [-0.39, 0.29) is 19.3 Å². The van der Waals surface area contributed by atoms with E-state index in [2.05, 4.69) is 142 Å². The minimum atomic E-state index is -4.93. The van der Waals surface area contributed by atoms with Gasteiger partial charge in [0, 0.05) is 19.3 Å². The quantitative estimate of drug-likeness (QED) is 0.0146. The number of carbonyl (C=O) groups is 3. The van der Waals surface area contributed by atoms with Gasteiger partial charge in [0.25, 0.3) is 0 Å². The van der Waals surface area contributed by atoms with Gasteiger partial charge >= 0.3 is 33.6 Å². The standard InChI is InChI=1S/C85H148O16P2/c1-4-7-10-13-16-19-22-24-26-28-30-32-34-35-36-37-38-39-40-41-42-43-45-47-48-50-52-54-57-59-62-65-68-71-83(88)95-74-80(86)75-97-102(91,92)98-76-81(87)77-99-103(93,94)100-79-82(101-85(90)73-70-67-64-61-56-21-18-15-12-9-6-3)78-96-84(89)72-69-66-63-60-58-55-53-51-49-46-44-33-31-29-27-25-23-20-17-14-11-8-5-2/h7-8,10-11,16-17,19-20,24-27,30-33,35-36,46,49,80-82,86-87H,4-6,9,12-15,18,21-23,28-29,34,37-45,47-48,50-79H2,1-3H3,(H,91,92)(H,93,94)/b10-7-,11-8-,19-16-,20-17-,26-24-,27-25-,32-30-,33-31-,36-35-,49-46-. The molecule has 0 amide bonds. The number of phosphoric ester groups is 2. The van der Waals surface area contributed by atoms with Crippen LogP contribution >= 0.6 is 15.6 Å². The van der Waals surface area contributed by atoms with Crippen LogP contribution < -0.4 is 0 Å². The first-order chi connectivity index (χ1) is 50.2. The van der Waals surface area contributed by atoms with E-state index in [0.717, 1.165) is 154 Å². The molecule has 0 saturated carbocycles. The normalized spacial score (nSPS) is 14.6. The van der Waals surface area contributed by atoms with Gasteiger partial charge < -0.3 is 34.2 Å². The van der Waals surface area contributed by atoms with E-state index >= 15 is 0 Å². The maximum atomic E-state index is 12.9. The van der Waals surface area contributed by atoms with Gasteiger partial charge in [-0.15, -0.1) is 0 Å². The minimum Gasteiger partial charge on any atom is -0.463 e. The van der Waals surface area contributed by atoms with E-state index in [1.807, 2.05) is 0 Å². The van der Waals surface area contributed by atoms with Gasteiger partial charge in [0.2, 0.25) is 0 Å². The molecule has 0 rings (SSSR count). The number of aliphatic hydroxyl groups is 2. The molecule has 594 valence electrons. The Balaban J connectivity index is 4.37. The van der Waals surface area contributed by atoms with Crippen molar-refractivity contribution in [2.45, 2.75) is 360 Å². The molecule has 0 heterocycles. The van der Waals surface area contributed by atoms with Gasteiger partial charge in [0.15, 0.2) is 6.10 Å². The number of phosphoric acid groups is 2. The Morgan fingerprint density at radius 3 is 0.816 bits per heavy atom. The molecule has 0 radical (unpaired) electrons. The third kappa shape index (κ3) is 78.8. The number of esters is 3. The highest BCUT2D eigenvalue weighted by molar-refractivity contribution is 7.47. The van der Waals surface area contributed by atoms with Crippen LogP contribution in [0.5, 0.6) is 0 Å². The van der Waals surface area contributed by atoms with Gasteiger partial charge in [-0.1, -0.05) is 335 Å². The molecule has 0 bridgehead atoms. The average molecular weight is 1490 g/mol. The topological polar surface area (TPSA) is 231 Å². The number of carbonyl (C=O) groups excluding carboxylic acids is 3. The van der Waals surface area contributed by atoms with Crippen LogP contribution in [0.25, 0.3) is 0 Å². The maximum Gasteiger partial charge on any atom is 0.472 e. The summed E-state index contributed by atoms with van der Waals surface area (Å²) in [5.74, 6) is -1.58. The largest absolute Gasteiger partial charge is 0.472 e. The Hall–Kier alpha value is -4.05. The Labute approximate surface area is 627 Å². The molecule has 0 spiro atoms. The molecular weight excluding hydrogens is 1340 g/mol. The molecule has 0 aliphatic heterocycles. The summed E-state index contributed by atoms with van der Waals surface area (Å²) in [5.41, 5.74) is 0. The zero-order valence-corrected chi connectivity index (χ0v) is 66.7. The fraction of sp³-hybridized carbons (Fsp3) is 0.729. The second kappa shape index (κ2) is 77.6.